The topological polar surface area (TPSA) is 0 Å². The Morgan fingerprint density at radius 2 is 2.06 bits per heavy atom. The zero-order valence-electron chi connectivity index (χ0n) is 12.7. The maximum Gasteiger partial charge on any atom is -0.00876 e. The average molecular weight is 236 g/mol. The van der Waals surface area contributed by atoms with Crippen molar-refractivity contribution in [1.82, 2.24) is 0 Å². The van der Waals surface area contributed by atoms with Crippen molar-refractivity contribution in [2.24, 2.45) is 17.3 Å². The second-order valence-corrected chi connectivity index (χ2v) is 6.68. The van der Waals surface area contributed by atoms with Crippen LogP contribution in [0.15, 0.2) is 11.6 Å². The van der Waals surface area contributed by atoms with Gasteiger partial charge in [0.05, 0.1) is 0 Å². The van der Waals surface area contributed by atoms with Gasteiger partial charge in [0.2, 0.25) is 0 Å². The fourth-order valence-electron chi connectivity index (χ4n) is 3.06. The molecule has 0 aromatic heterocycles. The molecule has 1 rings (SSSR count). The van der Waals surface area contributed by atoms with Crippen molar-refractivity contribution < 1.29 is 0 Å². The third-order valence-electron chi connectivity index (χ3n) is 4.77. The summed E-state index contributed by atoms with van der Waals surface area (Å²) in [6.45, 7) is 11.9. The minimum absolute atomic E-state index is 0.544. The van der Waals surface area contributed by atoms with E-state index in [1.165, 1.54) is 44.9 Å². The summed E-state index contributed by atoms with van der Waals surface area (Å²) < 4.78 is 0. The second-order valence-electron chi connectivity index (χ2n) is 6.68. The van der Waals surface area contributed by atoms with Gasteiger partial charge in [-0.3, -0.25) is 0 Å². The molecule has 100 valence electrons. The third kappa shape index (κ3) is 3.86. The van der Waals surface area contributed by atoms with Gasteiger partial charge in [-0.05, 0) is 36.5 Å². The highest BCUT2D eigenvalue weighted by Crippen LogP contribution is 2.54. The molecular formula is C17H32. The first-order chi connectivity index (χ1) is 8.00. The van der Waals surface area contributed by atoms with Gasteiger partial charge in [0.1, 0.15) is 0 Å². The van der Waals surface area contributed by atoms with E-state index in [1.54, 1.807) is 5.57 Å². The van der Waals surface area contributed by atoms with Crippen molar-refractivity contribution in [2.75, 3.05) is 0 Å². The van der Waals surface area contributed by atoms with E-state index in [4.69, 9.17) is 0 Å². The maximum absolute atomic E-state index is 2.55. The lowest BCUT2D eigenvalue weighted by Crippen LogP contribution is -2.38. The van der Waals surface area contributed by atoms with E-state index >= 15 is 0 Å². The highest BCUT2D eigenvalue weighted by atomic mass is 14.5. The van der Waals surface area contributed by atoms with Crippen molar-refractivity contribution in [3.8, 4) is 0 Å². The summed E-state index contributed by atoms with van der Waals surface area (Å²) >= 11 is 0. The minimum Gasteiger partial charge on any atom is -0.0848 e. The molecule has 0 heterocycles. The number of rotatable bonds is 7. The Hall–Kier alpha value is -0.260. The molecular weight excluding hydrogens is 204 g/mol. The van der Waals surface area contributed by atoms with E-state index in [0.29, 0.717) is 5.41 Å². The van der Waals surface area contributed by atoms with Crippen LogP contribution in [0, 0.1) is 17.3 Å². The van der Waals surface area contributed by atoms with Gasteiger partial charge in [0.15, 0.2) is 0 Å². The molecule has 17 heavy (non-hydrogen) atoms. The van der Waals surface area contributed by atoms with Crippen LogP contribution < -0.4 is 0 Å². The lowest BCUT2D eigenvalue weighted by atomic mass is 9.56. The summed E-state index contributed by atoms with van der Waals surface area (Å²) in [5, 5.41) is 0. The van der Waals surface area contributed by atoms with Gasteiger partial charge in [0, 0.05) is 0 Å². The highest BCUT2D eigenvalue weighted by molar-refractivity contribution is 5.24. The summed E-state index contributed by atoms with van der Waals surface area (Å²) in [4.78, 5) is 0. The van der Waals surface area contributed by atoms with Gasteiger partial charge in [-0.25, -0.2) is 0 Å². The van der Waals surface area contributed by atoms with Crippen LogP contribution in [0.2, 0.25) is 0 Å². The normalized spacial score (nSPS) is 30.9. The Labute approximate surface area is 109 Å². The first kappa shape index (κ1) is 14.8. The molecule has 0 aromatic carbocycles. The SMILES string of the molecule is CCCCC=C1CC(C)C1(C)CCCC(C)C. The van der Waals surface area contributed by atoms with Crippen molar-refractivity contribution in [3.63, 3.8) is 0 Å². The van der Waals surface area contributed by atoms with Gasteiger partial charge in [0.25, 0.3) is 0 Å². The van der Waals surface area contributed by atoms with Gasteiger partial charge >= 0.3 is 0 Å². The van der Waals surface area contributed by atoms with Crippen LogP contribution in [0.1, 0.15) is 79.6 Å². The summed E-state index contributed by atoms with van der Waals surface area (Å²) in [6, 6.07) is 0. The molecule has 0 bridgehead atoms. The fraction of sp³-hybridized carbons (Fsp3) is 0.882. The van der Waals surface area contributed by atoms with Gasteiger partial charge in [-0.1, -0.05) is 72.0 Å². The fourth-order valence-corrected chi connectivity index (χ4v) is 3.06. The zero-order chi connectivity index (χ0) is 12.9. The zero-order valence-corrected chi connectivity index (χ0v) is 12.7. The van der Waals surface area contributed by atoms with Gasteiger partial charge < -0.3 is 0 Å². The molecule has 1 aliphatic carbocycles. The molecule has 0 N–H and O–H groups in total. The monoisotopic (exact) mass is 236 g/mol. The molecule has 0 aliphatic heterocycles. The molecule has 1 aliphatic rings. The van der Waals surface area contributed by atoms with E-state index in [0.717, 1.165) is 11.8 Å². The molecule has 0 nitrogen and oxygen atoms in total. The first-order valence-electron chi connectivity index (χ1n) is 7.70. The van der Waals surface area contributed by atoms with Crippen LogP contribution >= 0.6 is 0 Å². The molecule has 1 saturated carbocycles. The molecule has 0 radical (unpaired) electrons. The highest BCUT2D eigenvalue weighted by Gasteiger charge is 2.43. The molecule has 1 fully saturated rings. The predicted octanol–water partition coefficient (Wildman–Crippen LogP) is 5.98. The van der Waals surface area contributed by atoms with E-state index in [9.17, 15) is 0 Å². The Bertz CT molecular complexity index is 249. The van der Waals surface area contributed by atoms with Crippen molar-refractivity contribution in [1.29, 1.82) is 0 Å². The predicted molar refractivity (Wildman–Crippen MR) is 78.2 cm³/mol. The van der Waals surface area contributed by atoms with E-state index in [1.807, 2.05) is 0 Å². The number of hydrogen-bond donors (Lipinski definition) is 0. The standard InChI is InChI=1S/C17H32/c1-6-7-8-11-16-13-15(4)17(16,5)12-9-10-14(2)3/h11,14-15H,6-10,12-13H2,1-5H3. The van der Waals surface area contributed by atoms with Crippen molar-refractivity contribution in [2.45, 2.75) is 79.6 Å². The lowest BCUT2D eigenvalue weighted by molar-refractivity contribution is 0.139. The molecule has 2 atom stereocenters. The molecule has 0 saturated heterocycles. The molecule has 0 amide bonds. The molecule has 0 heteroatoms. The van der Waals surface area contributed by atoms with Crippen LogP contribution in [0.25, 0.3) is 0 Å². The average Bonchev–Trinajstić information content (AvgIpc) is 2.27. The molecule has 2 unspecified atom stereocenters. The van der Waals surface area contributed by atoms with E-state index in [-0.39, 0.29) is 0 Å². The molecule has 0 aromatic rings. The second kappa shape index (κ2) is 6.61. The summed E-state index contributed by atoms with van der Waals surface area (Å²) in [5.41, 5.74) is 2.31. The van der Waals surface area contributed by atoms with E-state index in [2.05, 4.69) is 40.7 Å². The quantitative estimate of drug-likeness (QED) is 0.377. The van der Waals surface area contributed by atoms with Crippen LogP contribution in [0.5, 0.6) is 0 Å². The van der Waals surface area contributed by atoms with Crippen LogP contribution in [-0.2, 0) is 0 Å². The maximum atomic E-state index is 2.55. The largest absolute Gasteiger partial charge is 0.0848 e. The van der Waals surface area contributed by atoms with E-state index < -0.39 is 0 Å². The van der Waals surface area contributed by atoms with Crippen LogP contribution in [0.3, 0.4) is 0 Å². The number of unbranched alkanes of at least 4 members (excludes halogenated alkanes) is 2. The van der Waals surface area contributed by atoms with Crippen molar-refractivity contribution >= 4 is 0 Å². The Morgan fingerprint density at radius 1 is 1.35 bits per heavy atom. The first-order valence-corrected chi connectivity index (χ1v) is 7.70. The Morgan fingerprint density at radius 3 is 2.59 bits per heavy atom. The molecule has 0 spiro atoms. The Kier molecular flexibility index (Phi) is 5.76. The third-order valence-corrected chi connectivity index (χ3v) is 4.77. The van der Waals surface area contributed by atoms with Crippen LogP contribution in [-0.4, -0.2) is 0 Å². The minimum atomic E-state index is 0.544. The summed E-state index contributed by atoms with van der Waals surface area (Å²) in [7, 11) is 0. The lowest BCUT2D eigenvalue weighted by Gasteiger charge is -2.49. The number of hydrogen-bond acceptors (Lipinski definition) is 0. The smallest absolute Gasteiger partial charge is 0.00876 e. The Balaban J connectivity index is 2.43. The van der Waals surface area contributed by atoms with Crippen molar-refractivity contribution in [3.05, 3.63) is 11.6 Å². The summed E-state index contributed by atoms with van der Waals surface area (Å²) in [6.07, 6.45) is 12.1. The van der Waals surface area contributed by atoms with Gasteiger partial charge in [-0.15, -0.1) is 0 Å². The number of allylic oxidation sites excluding steroid dienone is 2. The summed E-state index contributed by atoms with van der Waals surface area (Å²) in [5.74, 6) is 1.77. The van der Waals surface area contributed by atoms with Gasteiger partial charge in [-0.2, -0.15) is 0 Å². The van der Waals surface area contributed by atoms with Crippen LogP contribution in [0.4, 0.5) is 0 Å².